The average Bonchev–Trinajstić information content (AvgIpc) is 2.42. The molecule has 2 heteroatoms. The summed E-state index contributed by atoms with van der Waals surface area (Å²) in [6.45, 7) is 12.3. The Balaban J connectivity index is 2.32. The fraction of sp³-hybridized carbons (Fsp3) is 0.667. The molecule has 1 atom stereocenters. The number of rotatable bonds is 8. The number of benzene rings is 1. The Kier molecular flexibility index (Phi) is 7.68. The van der Waals surface area contributed by atoms with Crippen LogP contribution in [0.2, 0.25) is 0 Å². The van der Waals surface area contributed by atoms with Crippen molar-refractivity contribution in [2.45, 2.75) is 70.2 Å². The number of hydrogen-bond donors (Lipinski definition) is 1. The third kappa shape index (κ3) is 6.32. The lowest BCUT2D eigenvalue weighted by Gasteiger charge is -2.19. The van der Waals surface area contributed by atoms with E-state index >= 15 is 0 Å². The van der Waals surface area contributed by atoms with Crippen molar-refractivity contribution in [3.05, 3.63) is 29.8 Å². The SMILES string of the molecule is CCNC(CC)CCCSc1ccc(C(C)(C)C)cc1. The van der Waals surface area contributed by atoms with E-state index < -0.39 is 0 Å². The lowest BCUT2D eigenvalue weighted by molar-refractivity contribution is 0.477. The van der Waals surface area contributed by atoms with Crippen LogP contribution in [-0.2, 0) is 5.41 Å². The maximum absolute atomic E-state index is 3.55. The zero-order valence-corrected chi connectivity index (χ0v) is 14.6. The molecule has 0 heterocycles. The lowest BCUT2D eigenvalue weighted by atomic mass is 9.87. The largest absolute Gasteiger partial charge is 0.314 e. The Labute approximate surface area is 129 Å². The summed E-state index contributed by atoms with van der Waals surface area (Å²) in [5, 5.41) is 3.55. The first-order valence-corrected chi connectivity index (χ1v) is 8.92. The molecule has 0 aliphatic rings. The number of hydrogen-bond acceptors (Lipinski definition) is 2. The molecule has 1 N–H and O–H groups in total. The summed E-state index contributed by atoms with van der Waals surface area (Å²) in [4.78, 5) is 1.40. The molecule has 1 nitrogen and oxygen atoms in total. The van der Waals surface area contributed by atoms with Crippen LogP contribution in [0.15, 0.2) is 29.2 Å². The smallest absolute Gasteiger partial charge is 0.00721 e. The molecule has 0 aromatic heterocycles. The summed E-state index contributed by atoms with van der Waals surface area (Å²) in [7, 11) is 0. The molecule has 114 valence electrons. The highest BCUT2D eigenvalue weighted by Gasteiger charge is 2.12. The Hall–Kier alpha value is -0.470. The molecule has 0 spiro atoms. The summed E-state index contributed by atoms with van der Waals surface area (Å²) in [5.74, 6) is 1.22. The summed E-state index contributed by atoms with van der Waals surface area (Å²) >= 11 is 1.98. The molecule has 20 heavy (non-hydrogen) atoms. The fourth-order valence-electron chi connectivity index (χ4n) is 2.31. The molecule has 1 aromatic rings. The molecule has 0 amide bonds. The Morgan fingerprint density at radius 3 is 2.25 bits per heavy atom. The maximum atomic E-state index is 3.55. The quantitative estimate of drug-likeness (QED) is 0.519. The first kappa shape index (κ1) is 17.6. The second-order valence-corrected chi connectivity index (χ2v) is 7.60. The molecule has 0 saturated heterocycles. The summed E-state index contributed by atoms with van der Waals surface area (Å²) in [5.41, 5.74) is 1.67. The molecule has 0 bridgehead atoms. The highest BCUT2D eigenvalue weighted by atomic mass is 32.2. The molecule has 1 unspecified atom stereocenters. The van der Waals surface area contributed by atoms with Gasteiger partial charge >= 0.3 is 0 Å². The Morgan fingerprint density at radius 1 is 1.10 bits per heavy atom. The topological polar surface area (TPSA) is 12.0 Å². The van der Waals surface area contributed by atoms with E-state index in [9.17, 15) is 0 Å². The van der Waals surface area contributed by atoms with E-state index in [1.54, 1.807) is 0 Å². The van der Waals surface area contributed by atoms with Gasteiger partial charge in [0, 0.05) is 10.9 Å². The van der Waals surface area contributed by atoms with Crippen LogP contribution in [0.1, 0.15) is 59.4 Å². The van der Waals surface area contributed by atoms with Gasteiger partial charge < -0.3 is 5.32 Å². The van der Waals surface area contributed by atoms with Crippen LogP contribution in [-0.4, -0.2) is 18.3 Å². The van der Waals surface area contributed by atoms with E-state index in [1.807, 2.05) is 11.8 Å². The lowest BCUT2D eigenvalue weighted by Crippen LogP contribution is -2.28. The van der Waals surface area contributed by atoms with Gasteiger partial charge in [0.2, 0.25) is 0 Å². The first-order valence-electron chi connectivity index (χ1n) is 7.94. The second kappa shape index (κ2) is 8.74. The highest BCUT2D eigenvalue weighted by molar-refractivity contribution is 7.99. The predicted molar refractivity (Wildman–Crippen MR) is 92.9 cm³/mol. The van der Waals surface area contributed by atoms with E-state index in [2.05, 4.69) is 64.2 Å². The molecular formula is C18H31NS. The molecule has 0 fully saturated rings. The van der Waals surface area contributed by atoms with Crippen LogP contribution in [0.4, 0.5) is 0 Å². The molecular weight excluding hydrogens is 262 g/mol. The van der Waals surface area contributed by atoms with Crippen molar-refractivity contribution < 1.29 is 0 Å². The number of thioether (sulfide) groups is 1. The predicted octanol–water partition coefficient (Wildman–Crippen LogP) is 5.24. The van der Waals surface area contributed by atoms with Gasteiger partial charge in [-0.3, -0.25) is 0 Å². The molecule has 1 aromatic carbocycles. The van der Waals surface area contributed by atoms with Crippen molar-refractivity contribution >= 4 is 11.8 Å². The van der Waals surface area contributed by atoms with Gasteiger partial charge in [-0.05, 0) is 54.7 Å². The highest BCUT2D eigenvalue weighted by Crippen LogP contribution is 2.26. The molecule has 0 aliphatic carbocycles. The van der Waals surface area contributed by atoms with Crippen molar-refractivity contribution in [1.82, 2.24) is 5.32 Å². The van der Waals surface area contributed by atoms with Crippen LogP contribution >= 0.6 is 11.8 Å². The zero-order valence-electron chi connectivity index (χ0n) is 13.8. The van der Waals surface area contributed by atoms with Crippen molar-refractivity contribution in [2.75, 3.05) is 12.3 Å². The van der Waals surface area contributed by atoms with Crippen LogP contribution < -0.4 is 5.32 Å². The van der Waals surface area contributed by atoms with Crippen LogP contribution in [0, 0.1) is 0 Å². The van der Waals surface area contributed by atoms with Gasteiger partial charge in [0.1, 0.15) is 0 Å². The minimum Gasteiger partial charge on any atom is -0.314 e. The summed E-state index contributed by atoms with van der Waals surface area (Å²) in [6, 6.07) is 9.79. The van der Waals surface area contributed by atoms with Crippen LogP contribution in [0.3, 0.4) is 0 Å². The van der Waals surface area contributed by atoms with Gasteiger partial charge in [0.05, 0.1) is 0 Å². The van der Waals surface area contributed by atoms with E-state index in [1.165, 1.54) is 35.5 Å². The van der Waals surface area contributed by atoms with Crippen molar-refractivity contribution in [3.8, 4) is 0 Å². The molecule has 0 radical (unpaired) electrons. The van der Waals surface area contributed by atoms with Crippen molar-refractivity contribution in [1.29, 1.82) is 0 Å². The van der Waals surface area contributed by atoms with E-state index in [-0.39, 0.29) is 5.41 Å². The van der Waals surface area contributed by atoms with Gasteiger partial charge in [-0.25, -0.2) is 0 Å². The Morgan fingerprint density at radius 2 is 1.75 bits per heavy atom. The van der Waals surface area contributed by atoms with Gasteiger partial charge in [0.15, 0.2) is 0 Å². The second-order valence-electron chi connectivity index (χ2n) is 6.43. The van der Waals surface area contributed by atoms with Crippen molar-refractivity contribution in [3.63, 3.8) is 0 Å². The molecule has 0 aliphatic heterocycles. The monoisotopic (exact) mass is 293 g/mol. The van der Waals surface area contributed by atoms with E-state index in [4.69, 9.17) is 0 Å². The fourth-order valence-corrected chi connectivity index (χ4v) is 3.19. The average molecular weight is 294 g/mol. The van der Waals surface area contributed by atoms with Gasteiger partial charge in [0.25, 0.3) is 0 Å². The standard InChI is InChI=1S/C18H31NS/c1-6-16(19-7-2)9-8-14-20-17-12-10-15(11-13-17)18(3,4)5/h10-13,16,19H,6-9,14H2,1-5H3. The van der Waals surface area contributed by atoms with Crippen molar-refractivity contribution in [2.24, 2.45) is 0 Å². The van der Waals surface area contributed by atoms with E-state index in [0.29, 0.717) is 6.04 Å². The summed E-state index contributed by atoms with van der Waals surface area (Å²) in [6.07, 6.45) is 3.81. The minimum absolute atomic E-state index is 0.253. The first-order chi connectivity index (χ1) is 9.47. The van der Waals surface area contributed by atoms with Crippen LogP contribution in [0.25, 0.3) is 0 Å². The molecule has 1 rings (SSSR count). The maximum Gasteiger partial charge on any atom is 0.00721 e. The van der Waals surface area contributed by atoms with Gasteiger partial charge in [-0.2, -0.15) is 0 Å². The zero-order chi connectivity index (χ0) is 15.0. The van der Waals surface area contributed by atoms with Gasteiger partial charge in [-0.1, -0.05) is 46.8 Å². The summed E-state index contributed by atoms with van der Waals surface area (Å²) < 4.78 is 0. The normalized spacial score (nSPS) is 13.4. The minimum atomic E-state index is 0.253. The van der Waals surface area contributed by atoms with E-state index in [0.717, 1.165) is 6.54 Å². The number of nitrogens with one attached hydrogen (secondary N) is 1. The van der Waals surface area contributed by atoms with Gasteiger partial charge in [-0.15, -0.1) is 11.8 Å². The molecule has 0 saturated carbocycles. The third-order valence-electron chi connectivity index (χ3n) is 3.67. The Bertz CT molecular complexity index is 364. The van der Waals surface area contributed by atoms with Crippen LogP contribution in [0.5, 0.6) is 0 Å². The third-order valence-corrected chi connectivity index (χ3v) is 4.77.